The summed E-state index contributed by atoms with van der Waals surface area (Å²) in [6, 6.07) is 26.9. The summed E-state index contributed by atoms with van der Waals surface area (Å²) in [6.45, 7) is 6.50. The summed E-state index contributed by atoms with van der Waals surface area (Å²) in [4.78, 5) is 5.68. The highest BCUT2D eigenvalue weighted by atomic mass is 19.1. The van der Waals surface area contributed by atoms with Crippen LogP contribution in [0.2, 0.25) is 0 Å². The van der Waals surface area contributed by atoms with E-state index >= 15 is 0 Å². The van der Waals surface area contributed by atoms with Crippen LogP contribution >= 0.6 is 0 Å². The van der Waals surface area contributed by atoms with Gasteiger partial charge in [-0.05, 0) is 79.9 Å². The van der Waals surface area contributed by atoms with Crippen molar-refractivity contribution in [1.82, 2.24) is 4.57 Å². The molecule has 0 spiro atoms. The first-order valence-corrected chi connectivity index (χ1v) is 10.3. The van der Waals surface area contributed by atoms with Crippen LogP contribution in [0.15, 0.2) is 90.1 Å². The third kappa shape index (κ3) is 4.43. The third-order valence-electron chi connectivity index (χ3n) is 5.47. The van der Waals surface area contributed by atoms with Gasteiger partial charge in [-0.15, -0.1) is 0 Å². The van der Waals surface area contributed by atoms with E-state index in [0.29, 0.717) is 6.61 Å². The average Bonchev–Trinajstić information content (AvgIpc) is 3.13. The highest BCUT2D eigenvalue weighted by Crippen LogP contribution is 2.30. The fourth-order valence-corrected chi connectivity index (χ4v) is 3.74. The Morgan fingerprint density at radius 1 is 0.903 bits per heavy atom. The lowest BCUT2D eigenvalue weighted by atomic mass is 10.1. The minimum Gasteiger partial charge on any atom is -0.391 e. The first-order valence-electron chi connectivity index (χ1n) is 10.3. The number of benzene rings is 3. The molecule has 0 saturated carbocycles. The molecule has 4 heteroatoms. The van der Waals surface area contributed by atoms with Crippen LogP contribution < -0.4 is 0 Å². The number of hydrogen-bond donors (Lipinski definition) is 0. The van der Waals surface area contributed by atoms with Crippen molar-refractivity contribution in [3.8, 4) is 16.9 Å². The van der Waals surface area contributed by atoms with Crippen LogP contribution in [0.3, 0.4) is 0 Å². The number of para-hydroxylation sites is 1. The number of halogens is 1. The molecule has 1 heterocycles. The van der Waals surface area contributed by atoms with Gasteiger partial charge in [-0.3, -0.25) is 0 Å². The van der Waals surface area contributed by atoms with Crippen molar-refractivity contribution < 1.29 is 9.23 Å². The zero-order chi connectivity index (χ0) is 21.8. The first-order chi connectivity index (χ1) is 15.0. The fourth-order valence-electron chi connectivity index (χ4n) is 3.74. The number of oxime groups is 1. The van der Waals surface area contributed by atoms with Gasteiger partial charge in [-0.1, -0.05) is 47.6 Å². The predicted molar refractivity (Wildman–Crippen MR) is 124 cm³/mol. The van der Waals surface area contributed by atoms with E-state index < -0.39 is 0 Å². The Balaban J connectivity index is 1.71. The number of nitrogens with zero attached hydrogens (tertiary/aromatic N) is 2. The van der Waals surface area contributed by atoms with Gasteiger partial charge in [0, 0.05) is 16.9 Å². The summed E-state index contributed by atoms with van der Waals surface area (Å²) in [6.07, 6.45) is 0. The molecule has 0 bridgehead atoms. The van der Waals surface area contributed by atoms with Gasteiger partial charge >= 0.3 is 0 Å². The van der Waals surface area contributed by atoms with Crippen LogP contribution in [0.1, 0.15) is 29.3 Å². The molecule has 0 aliphatic heterocycles. The quantitative estimate of drug-likeness (QED) is 0.251. The van der Waals surface area contributed by atoms with E-state index in [0.717, 1.165) is 39.5 Å². The smallest absolute Gasteiger partial charge is 0.142 e. The van der Waals surface area contributed by atoms with Gasteiger partial charge in [0.1, 0.15) is 12.4 Å². The zero-order valence-electron chi connectivity index (χ0n) is 18.0. The van der Waals surface area contributed by atoms with Gasteiger partial charge in [0.15, 0.2) is 0 Å². The van der Waals surface area contributed by atoms with Gasteiger partial charge in [-0.2, -0.15) is 0 Å². The van der Waals surface area contributed by atoms with Gasteiger partial charge in [0.25, 0.3) is 0 Å². The average molecular weight is 413 g/mol. The van der Waals surface area contributed by atoms with Gasteiger partial charge in [0.2, 0.25) is 0 Å². The molecule has 0 saturated heterocycles. The Labute approximate surface area is 182 Å². The van der Waals surface area contributed by atoms with E-state index in [1.165, 1.54) is 17.7 Å². The summed E-state index contributed by atoms with van der Waals surface area (Å²) in [5.41, 5.74) is 8.09. The molecule has 0 unspecified atom stereocenters. The lowest BCUT2D eigenvalue weighted by Gasteiger charge is -2.12. The monoisotopic (exact) mass is 412 g/mol. The minimum absolute atomic E-state index is 0.249. The van der Waals surface area contributed by atoms with Crippen LogP contribution in [-0.2, 0) is 11.4 Å². The standard InChI is InChI=1S/C27H25FN2O/c1-19-9-7-8-10-23(19)18-31-29-20(2)26-17-27(22-13-15-24(28)16-14-22)30(21(26)3)25-11-5-4-6-12-25/h4-17H,18H2,1-3H3/b29-20-. The first kappa shape index (κ1) is 20.6. The Kier molecular flexibility index (Phi) is 5.99. The van der Waals surface area contributed by atoms with Crippen LogP contribution in [0.5, 0.6) is 0 Å². The maximum Gasteiger partial charge on any atom is 0.142 e. The second-order valence-corrected chi connectivity index (χ2v) is 7.58. The van der Waals surface area contributed by atoms with Crippen molar-refractivity contribution in [3.63, 3.8) is 0 Å². The molecule has 4 rings (SSSR count). The molecule has 0 N–H and O–H groups in total. The molecular formula is C27H25FN2O. The molecular weight excluding hydrogens is 387 g/mol. The highest BCUT2D eigenvalue weighted by Gasteiger charge is 2.17. The Morgan fingerprint density at radius 2 is 1.58 bits per heavy atom. The highest BCUT2D eigenvalue weighted by molar-refractivity contribution is 6.01. The Hall–Kier alpha value is -3.66. The molecule has 0 aliphatic rings. The van der Waals surface area contributed by atoms with Crippen molar-refractivity contribution in [3.05, 3.63) is 113 Å². The SMILES string of the molecule is C/C(=N/OCc1ccccc1C)c1cc(-c2ccc(F)cc2)n(-c2ccccc2)c1C. The second kappa shape index (κ2) is 9.00. The fraction of sp³-hybridized carbons (Fsp3) is 0.148. The molecule has 3 aromatic carbocycles. The van der Waals surface area contributed by atoms with E-state index in [4.69, 9.17) is 4.84 Å². The molecule has 0 amide bonds. The van der Waals surface area contributed by atoms with E-state index in [1.807, 2.05) is 43.3 Å². The molecule has 0 atom stereocenters. The lowest BCUT2D eigenvalue weighted by Crippen LogP contribution is -2.02. The van der Waals surface area contributed by atoms with E-state index in [2.05, 4.69) is 47.8 Å². The summed E-state index contributed by atoms with van der Waals surface area (Å²) in [7, 11) is 0. The topological polar surface area (TPSA) is 26.5 Å². The number of aryl methyl sites for hydroxylation is 1. The van der Waals surface area contributed by atoms with E-state index in [1.54, 1.807) is 12.1 Å². The molecule has 1 aromatic heterocycles. The van der Waals surface area contributed by atoms with Gasteiger partial charge < -0.3 is 9.40 Å². The van der Waals surface area contributed by atoms with Crippen LogP contribution in [0.25, 0.3) is 16.9 Å². The molecule has 156 valence electrons. The zero-order valence-corrected chi connectivity index (χ0v) is 18.0. The maximum atomic E-state index is 13.5. The summed E-state index contributed by atoms with van der Waals surface area (Å²) in [5.74, 6) is -0.249. The predicted octanol–water partition coefficient (Wildman–Crippen LogP) is 6.84. The Bertz CT molecular complexity index is 1210. The summed E-state index contributed by atoms with van der Waals surface area (Å²) < 4.78 is 15.7. The Morgan fingerprint density at radius 3 is 2.29 bits per heavy atom. The van der Waals surface area contributed by atoms with Gasteiger partial charge in [-0.25, -0.2) is 4.39 Å². The summed E-state index contributed by atoms with van der Waals surface area (Å²) >= 11 is 0. The molecule has 0 aliphatic carbocycles. The third-order valence-corrected chi connectivity index (χ3v) is 5.47. The van der Waals surface area contributed by atoms with Crippen molar-refractivity contribution in [2.75, 3.05) is 0 Å². The van der Waals surface area contributed by atoms with Crippen molar-refractivity contribution in [2.24, 2.45) is 5.16 Å². The second-order valence-electron chi connectivity index (χ2n) is 7.58. The van der Waals surface area contributed by atoms with Crippen LogP contribution in [-0.4, -0.2) is 10.3 Å². The van der Waals surface area contributed by atoms with Crippen LogP contribution in [0.4, 0.5) is 4.39 Å². The van der Waals surface area contributed by atoms with E-state index in [9.17, 15) is 4.39 Å². The number of hydrogen-bond acceptors (Lipinski definition) is 2. The lowest BCUT2D eigenvalue weighted by molar-refractivity contribution is 0.130. The normalized spacial score (nSPS) is 11.5. The maximum absolute atomic E-state index is 13.5. The largest absolute Gasteiger partial charge is 0.391 e. The van der Waals surface area contributed by atoms with Crippen molar-refractivity contribution >= 4 is 5.71 Å². The van der Waals surface area contributed by atoms with Crippen LogP contribution in [0, 0.1) is 19.7 Å². The number of aromatic nitrogens is 1. The van der Waals surface area contributed by atoms with Crippen molar-refractivity contribution in [1.29, 1.82) is 0 Å². The molecule has 0 radical (unpaired) electrons. The molecule has 4 aromatic rings. The number of rotatable bonds is 6. The van der Waals surface area contributed by atoms with E-state index in [-0.39, 0.29) is 5.82 Å². The minimum atomic E-state index is -0.249. The van der Waals surface area contributed by atoms with Gasteiger partial charge in [0.05, 0.1) is 11.4 Å². The summed E-state index contributed by atoms with van der Waals surface area (Å²) in [5, 5.41) is 4.39. The molecule has 31 heavy (non-hydrogen) atoms. The van der Waals surface area contributed by atoms with Crippen molar-refractivity contribution in [2.45, 2.75) is 27.4 Å². The molecule has 0 fully saturated rings. The molecule has 3 nitrogen and oxygen atoms in total.